The Kier molecular flexibility index (Phi) is 4.16. The summed E-state index contributed by atoms with van der Waals surface area (Å²) in [6.45, 7) is 0. The largest absolute Gasteiger partial charge is 0.497 e. The number of benzene rings is 2. The molecule has 3 nitrogen and oxygen atoms in total. The van der Waals surface area contributed by atoms with Gasteiger partial charge in [0.15, 0.2) is 0 Å². The van der Waals surface area contributed by atoms with Gasteiger partial charge in [0.2, 0.25) is 0 Å². The number of ether oxygens (including phenoxy) is 1. The molecule has 110 valence electrons. The van der Waals surface area contributed by atoms with Gasteiger partial charge in [-0.05, 0) is 30.3 Å². The minimum Gasteiger partial charge on any atom is -0.497 e. The van der Waals surface area contributed by atoms with E-state index < -0.39 is 17.6 Å². The SMILES string of the molecule is COc1cccc(NC(=O)c2cccc(C(F)(F)F)c2)c1. The number of hydrogen-bond donors (Lipinski definition) is 1. The van der Waals surface area contributed by atoms with E-state index in [0.29, 0.717) is 11.4 Å². The molecule has 2 aromatic rings. The summed E-state index contributed by atoms with van der Waals surface area (Å²) < 4.78 is 42.8. The number of amides is 1. The summed E-state index contributed by atoms with van der Waals surface area (Å²) in [4.78, 5) is 12.0. The number of halogens is 3. The number of carbonyl (C=O) groups excluding carboxylic acids is 1. The van der Waals surface area contributed by atoms with E-state index in [1.165, 1.54) is 19.2 Å². The van der Waals surface area contributed by atoms with Crippen molar-refractivity contribution in [3.8, 4) is 5.75 Å². The van der Waals surface area contributed by atoms with Crippen LogP contribution in [-0.4, -0.2) is 13.0 Å². The Morgan fingerprint density at radius 2 is 1.81 bits per heavy atom. The summed E-state index contributed by atoms with van der Waals surface area (Å²) in [5.74, 6) is -0.0776. The van der Waals surface area contributed by atoms with Crippen molar-refractivity contribution in [1.82, 2.24) is 0 Å². The molecule has 21 heavy (non-hydrogen) atoms. The third kappa shape index (κ3) is 3.75. The van der Waals surface area contributed by atoms with Gasteiger partial charge in [0.1, 0.15) is 5.75 Å². The topological polar surface area (TPSA) is 38.3 Å². The van der Waals surface area contributed by atoms with Gasteiger partial charge in [-0.2, -0.15) is 13.2 Å². The van der Waals surface area contributed by atoms with Crippen LogP contribution in [0.2, 0.25) is 0 Å². The van der Waals surface area contributed by atoms with Gasteiger partial charge in [-0.25, -0.2) is 0 Å². The highest BCUT2D eigenvalue weighted by atomic mass is 19.4. The Bertz CT molecular complexity index is 653. The van der Waals surface area contributed by atoms with Crippen molar-refractivity contribution in [2.75, 3.05) is 12.4 Å². The average Bonchev–Trinajstić information content (AvgIpc) is 2.46. The molecule has 0 atom stereocenters. The molecular weight excluding hydrogens is 283 g/mol. The lowest BCUT2D eigenvalue weighted by atomic mass is 10.1. The van der Waals surface area contributed by atoms with Crippen molar-refractivity contribution in [3.05, 3.63) is 59.7 Å². The number of nitrogens with one attached hydrogen (secondary N) is 1. The molecule has 2 aromatic carbocycles. The second kappa shape index (κ2) is 5.87. The summed E-state index contributed by atoms with van der Waals surface area (Å²) in [5.41, 5.74) is -0.481. The molecule has 0 aliphatic heterocycles. The molecule has 0 fully saturated rings. The number of rotatable bonds is 3. The summed E-state index contributed by atoms with van der Waals surface area (Å²) in [6.07, 6.45) is -4.48. The first-order valence-electron chi connectivity index (χ1n) is 6.03. The summed E-state index contributed by atoms with van der Waals surface area (Å²) >= 11 is 0. The van der Waals surface area contributed by atoms with Gasteiger partial charge < -0.3 is 10.1 Å². The van der Waals surface area contributed by atoms with E-state index in [0.717, 1.165) is 12.1 Å². The van der Waals surface area contributed by atoms with Crippen molar-refractivity contribution < 1.29 is 22.7 Å². The number of alkyl halides is 3. The number of anilines is 1. The first-order chi connectivity index (χ1) is 9.90. The Balaban J connectivity index is 2.20. The Labute approximate surface area is 119 Å². The highest BCUT2D eigenvalue weighted by molar-refractivity contribution is 6.04. The highest BCUT2D eigenvalue weighted by Gasteiger charge is 2.30. The number of methoxy groups -OCH3 is 1. The molecular formula is C15H12F3NO2. The van der Waals surface area contributed by atoms with Crippen LogP contribution in [0, 0.1) is 0 Å². The molecule has 0 spiro atoms. The van der Waals surface area contributed by atoms with E-state index in [4.69, 9.17) is 4.74 Å². The first kappa shape index (κ1) is 14.9. The molecule has 0 saturated heterocycles. The lowest BCUT2D eigenvalue weighted by Crippen LogP contribution is -2.13. The molecule has 2 rings (SSSR count). The minimum absolute atomic E-state index is 0.0624. The summed E-state index contributed by atoms with van der Waals surface area (Å²) in [7, 11) is 1.48. The summed E-state index contributed by atoms with van der Waals surface area (Å²) in [5, 5.41) is 2.53. The molecule has 0 bridgehead atoms. The quantitative estimate of drug-likeness (QED) is 0.930. The lowest BCUT2D eigenvalue weighted by molar-refractivity contribution is -0.137. The van der Waals surface area contributed by atoms with Gasteiger partial charge in [-0.1, -0.05) is 12.1 Å². The van der Waals surface area contributed by atoms with E-state index in [9.17, 15) is 18.0 Å². The Hall–Kier alpha value is -2.50. The van der Waals surface area contributed by atoms with Crippen molar-refractivity contribution in [2.24, 2.45) is 0 Å². The van der Waals surface area contributed by atoms with Gasteiger partial charge in [0.05, 0.1) is 12.7 Å². The lowest BCUT2D eigenvalue weighted by Gasteiger charge is -2.10. The fourth-order valence-corrected chi connectivity index (χ4v) is 1.74. The molecule has 1 N–H and O–H groups in total. The standard InChI is InChI=1S/C15H12F3NO2/c1-21-13-7-3-6-12(9-13)19-14(20)10-4-2-5-11(8-10)15(16,17)18/h2-9H,1H3,(H,19,20). The molecule has 0 aliphatic rings. The first-order valence-corrected chi connectivity index (χ1v) is 6.03. The number of carbonyl (C=O) groups is 1. The number of hydrogen-bond acceptors (Lipinski definition) is 2. The van der Waals surface area contributed by atoms with Crippen molar-refractivity contribution in [3.63, 3.8) is 0 Å². The molecule has 0 unspecified atom stereocenters. The zero-order valence-electron chi connectivity index (χ0n) is 11.1. The van der Waals surface area contributed by atoms with Gasteiger partial charge in [0.25, 0.3) is 5.91 Å². The van der Waals surface area contributed by atoms with Gasteiger partial charge in [-0.15, -0.1) is 0 Å². The van der Waals surface area contributed by atoms with Gasteiger partial charge in [0, 0.05) is 17.3 Å². The normalized spacial score (nSPS) is 11.0. The van der Waals surface area contributed by atoms with Crippen molar-refractivity contribution in [1.29, 1.82) is 0 Å². The fraction of sp³-hybridized carbons (Fsp3) is 0.133. The van der Waals surface area contributed by atoms with Crippen LogP contribution >= 0.6 is 0 Å². The molecule has 0 aliphatic carbocycles. The maximum Gasteiger partial charge on any atom is 0.416 e. The molecule has 6 heteroatoms. The molecule has 1 amide bonds. The minimum atomic E-state index is -4.48. The third-order valence-corrected chi connectivity index (χ3v) is 2.78. The van der Waals surface area contributed by atoms with Crippen LogP contribution in [0.1, 0.15) is 15.9 Å². The molecule has 0 heterocycles. The van der Waals surface area contributed by atoms with E-state index in [1.54, 1.807) is 24.3 Å². The highest BCUT2D eigenvalue weighted by Crippen LogP contribution is 2.29. The second-order valence-corrected chi connectivity index (χ2v) is 4.26. The van der Waals surface area contributed by atoms with E-state index >= 15 is 0 Å². The maximum absolute atomic E-state index is 12.6. The van der Waals surface area contributed by atoms with E-state index in [-0.39, 0.29) is 5.56 Å². The van der Waals surface area contributed by atoms with Crippen molar-refractivity contribution >= 4 is 11.6 Å². The third-order valence-electron chi connectivity index (χ3n) is 2.78. The van der Waals surface area contributed by atoms with Crippen LogP contribution in [0.5, 0.6) is 5.75 Å². The molecule has 0 saturated carbocycles. The van der Waals surface area contributed by atoms with Crippen LogP contribution in [0.3, 0.4) is 0 Å². The fourth-order valence-electron chi connectivity index (χ4n) is 1.74. The Morgan fingerprint density at radius 3 is 2.48 bits per heavy atom. The zero-order chi connectivity index (χ0) is 15.5. The monoisotopic (exact) mass is 295 g/mol. The van der Waals surface area contributed by atoms with E-state index in [2.05, 4.69) is 5.32 Å². The van der Waals surface area contributed by atoms with Crippen LogP contribution < -0.4 is 10.1 Å². The predicted molar refractivity (Wildman–Crippen MR) is 72.4 cm³/mol. The molecule has 0 radical (unpaired) electrons. The van der Waals surface area contributed by atoms with Crippen LogP contribution in [-0.2, 0) is 6.18 Å². The van der Waals surface area contributed by atoms with Crippen LogP contribution in [0.15, 0.2) is 48.5 Å². The van der Waals surface area contributed by atoms with Crippen LogP contribution in [0.25, 0.3) is 0 Å². The van der Waals surface area contributed by atoms with Crippen molar-refractivity contribution in [2.45, 2.75) is 6.18 Å². The Morgan fingerprint density at radius 1 is 1.10 bits per heavy atom. The average molecular weight is 295 g/mol. The van der Waals surface area contributed by atoms with E-state index in [1.807, 2.05) is 0 Å². The molecule has 0 aromatic heterocycles. The second-order valence-electron chi connectivity index (χ2n) is 4.26. The predicted octanol–water partition coefficient (Wildman–Crippen LogP) is 3.97. The zero-order valence-corrected chi connectivity index (χ0v) is 11.1. The van der Waals surface area contributed by atoms with Gasteiger partial charge >= 0.3 is 6.18 Å². The maximum atomic E-state index is 12.6. The van der Waals surface area contributed by atoms with Gasteiger partial charge in [-0.3, -0.25) is 4.79 Å². The smallest absolute Gasteiger partial charge is 0.416 e. The summed E-state index contributed by atoms with van der Waals surface area (Å²) in [6, 6.07) is 10.8. The van der Waals surface area contributed by atoms with Crippen LogP contribution in [0.4, 0.5) is 18.9 Å².